The van der Waals surface area contributed by atoms with Crippen molar-refractivity contribution in [3.05, 3.63) is 17.7 Å². The fourth-order valence-corrected chi connectivity index (χ4v) is 3.01. The van der Waals surface area contributed by atoms with Crippen molar-refractivity contribution in [2.45, 2.75) is 13.0 Å². The molecule has 1 aliphatic rings. The zero-order valence-electron chi connectivity index (χ0n) is 14.7. The van der Waals surface area contributed by atoms with Crippen molar-refractivity contribution >= 4 is 5.91 Å². The second-order valence-electron chi connectivity index (χ2n) is 5.86. The molecule has 7 nitrogen and oxygen atoms in total. The number of rotatable bonds is 8. The lowest BCUT2D eigenvalue weighted by molar-refractivity contribution is -0.133. The average molecular weight is 338 g/mol. The third kappa shape index (κ3) is 3.73. The molecule has 0 spiro atoms. The van der Waals surface area contributed by atoms with Crippen LogP contribution in [0, 0.1) is 5.41 Å². The van der Waals surface area contributed by atoms with Crippen LogP contribution >= 0.6 is 0 Å². The maximum atomic E-state index is 12.6. The van der Waals surface area contributed by atoms with E-state index in [9.17, 15) is 4.79 Å². The van der Waals surface area contributed by atoms with E-state index < -0.39 is 5.41 Å². The van der Waals surface area contributed by atoms with Crippen molar-refractivity contribution < 1.29 is 23.7 Å². The predicted octanol–water partition coefficient (Wildman–Crippen LogP) is 0.955. The first-order valence-corrected chi connectivity index (χ1v) is 7.87. The number of benzene rings is 1. The molecule has 1 atom stereocenters. The van der Waals surface area contributed by atoms with Gasteiger partial charge in [-0.25, -0.2) is 0 Å². The maximum Gasteiger partial charge on any atom is 0.230 e. The minimum atomic E-state index is -0.505. The smallest absolute Gasteiger partial charge is 0.230 e. The molecular formula is C17H26N2O5. The lowest BCUT2D eigenvalue weighted by atomic mass is 9.87. The van der Waals surface area contributed by atoms with E-state index in [1.165, 1.54) is 0 Å². The molecule has 1 heterocycles. The molecule has 1 aliphatic heterocycles. The van der Waals surface area contributed by atoms with Gasteiger partial charge in [0.05, 0.1) is 33.4 Å². The van der Waals surface area contributed by atoms with Crippen LogP contribution in [-0.4, -0.2) is 54.0 Å². The van der Waals surface area contributed by atoms with E-state index in [0.29, 0.717) is 36.9 Å². The van der Waals surface area contributed by atoms with Crippen LogP contribution in [-0.2, 0) is 16.1 Å². The van der Waals surface area contributed by atoms with E-state index in [1.54, 1.807) is 28.4 Å². The molecule has 1 aromatic carbocycles. The van der Waals surface area contributed by atoms with Crippen LogP contribution in [0.2, 0.25) is 0 Å². The summed E-state index contributed by atoms with van der Waals surface area (Å²) < 4.78 is 21.2. The summed E-state index contributed by atoms with van der Waals surface area (Å²) in [4.78, 5) is 12.6. The molecule has 0 radical (unpaired) electrons. The SMILES string of the molecule is COCC1(C(=O)NCc2cc(OC)c(OC)c(OC)c2)CCNC1. The lowest BCUT2D eigenvalue weighted by Crippen LogP contribution is -2.45. The van der Waals surface area contributed by atoms with Gasteiger partial charge in [0.1, 0.15) is 0 Å². The summed E-state index contributed by atoms with van der Waals surface area (Å²) in [6, 6.07) is 3.66. The fraction of sp³-hybridized carbons (Fsp3) is 0.588. The minimum Gasteiger partial charge on any atom is -0.493 e. The highest BCUT2D eigenvalue weighted by molar-refractivity contribution is 5.83. The molecule has 1 amide bonds. The number of ether oxygens (including phenoxy) is 4. The first kappa shape index (κ1) is 18.4. The summed E-state index contributed by atoms with van der Waals surface area (Å²) >= 11 is 0. The Morgan fingerprint density at radius 1 is 1.17 bits per heavy atom. The number of hydrogen-bond donors (Lipinski definition) is 2. The molecule has 0 bridgehead atoms. The van der Waals surface area contributed by atoms with Crippen LogP contribution in [0.1, 0.15) is 12.0 Å². The first-order valence-electron chi connectivity index (χ1n) is 7.87. The Kier molecular flexibility index (Phi) is 6.28. The number of carbonyl (C=O) groups is 1. The zero-order valence-corrected chi connectivity index (χ0v) is 14.7. The first-order chi connectivity index (χ1) is 11.6. The van der Waals surface area contributed by atoms with Crippen LogP contribution in [0.3, 0.4) is 0 Å². The second kappa shape index (κ2) is 8.21. The van der Waals surface area contributed by atoms with Gasteiger partial charge < -0.3 is 29.6 Å². The standard InChI is InChI=1S/C17H26N2O5/c1-21-11-17(5-6-18-10-17)16(20)19-9-12-7-13(22-2)15(24-4)14(8-12)23-3/h7-8,18H,5-6,9-11H2,1-4H3,(H,19,20). The molecule has 134 valence electrons. The Morgan fingerprint density at radius 2 is 1.83 bits per heavy atom. The van der Waals surface area contributed by atoms with Crippen molar-refractivity contribution in [3.8, 4) is 17.2 Å². The Labute approximate surface area is 142 Å². The highest BCUT2D eigenvalue weighted by Gasteiger charge is 2.41. The number of amides is 1. The van der Waals surface area contributed by atoms with E-state index in [4.69, 9.17) is 18.9 Å². The lowest BCUT2D eigenvalue weighted by Gasteiger charge is -2.26. The molecule has 2 N–H and O–H groups in total. The van der Waals surface area contributed by atoms with Gasteiger partial charge in [-0.1, -0.05) is 0 Å². The molecule has 1 unspecified atom stereocenters. The average Bonchev–Trinajstić information content (AvgIpc) is 3.08. The third-order valence-corrected chi connectivity index (χ3v) is 4.32. The summed E-state index contributed by atoms with van der Waals surface area (Å²) in [5.74, 6) is 1.65. The Hall–Kier alpha value is -1.99. The molecule has 1 saturated heterocycles. The van der Waals surface area contributed by atoms with Gasteiger partial charge in [0.25, 0.3) is 0 Å². The van der Waals surface area contributed by atoms with Gasteiger partial charge in [0.2, 0.25) is 11.7 Å². The molecule has 0 aromatic heterocycles. The van der Waals surface area contributed by atoms with Crippen LogP contribution < -0.4 is 24.8 Å². The number of carbonyl (C=O) groups excluding carboxylic acids is 1. The highest BCUT2D eigenvalue weighted by Crippen LogP contribution is 2.38. The largest absolute Gasteiger partial charge is 0.493 e. The van der Waals surface area contributed by atoms with Gasteiger partial charge in [-0.15, -0.1) is 0 Å². The van der Waals surface area contributed by atoms with Gasteiger partial charge in [-0.3, -0.25) is 4.79 Å². The van der Waals surface area contributed by atoms with Crippen molar-refractivity contribution in [1.82, 2.24) is 10.6 Å². The summed E-state index contributed by atoms with van der Waals surface area (Å²) in [5, 5.41) is 6.23. The van der Waals surface area contributed by atoms with Crippen molar-refractivity contribution in [2.75, 3.05) is 48.1 Å². The zero-order chi connectivity index (χ0) is 17.6. The van der Waals surface area contributed by atoms with Gasteiger partial charge in [0.15, 0.2) is 11.5 Å². The number of hydrogen-bond acceptors (Lipinski definition) is 6. The molecule has 1 aromatic rings. The molecule has 1 fully saturated rings. The summed E-state index contributed by atoms with van der Waals surface area (Å²) in [6.45, 7) is 2.23. The summed E-state index contributed by atoms with van der Waals surface area (Å²) in [5.41, 5.74) is 0.367. The number of nitrogens with one attached hydrogen (secondary N) is 2. The van der Waals surface area contributed by atoms with Gasteiger partial charge in [-0.05, 0) is 30.7 Å². The Balaban J connectivity index is 2.12. The van der Waals surface area contributed by atoms with E-state index in [-0.39, 0.29) is 5.91 Å². The Bertz CT molecular complexity index is 545. The van der Waals surface area contributed by atoms with Crippen LogP contribution in [0.25, 0.3) is 0 Å². The molecular weight excluding hydrogens is 312 g/mol. The van der Waals surface area contributed by atoms with Gasteiger partial charge >= 0.3 is 0 Å². The third-order valence-electron chi connectivity index (χ3n) is 4.32. The van der Waals surface area contributed by atoms with Crippen LogP contribution in [0.15, 0.2) is 12.1 Å². The minimum absolute atomic E-state index is 0.0110. The van der Waals surface area contributed by atoms with Crippen molar-refractivity contribution in [1.29, 1.82) is 0 Å². The predicted molar refractivity (Wildman–Crippen MR) is 89.7 cm³/mol. The molecule has 2 rings (SSSR count). The number of methoxy groups -OCH3 is 4. The molecule has 24 heavy (non-hydrogen) atoms. The molecule has 0 saturated carbocycles. The normalized spacial score (nSPS) is 19.8. The topological polar surface area (TPSA) is 78.1 Å². The van der Waals surface area contributed by atoms with E-state index in [2.05, 4.69) is 10.6 Å². The summed E-state index contributed by atoms with van der Waals surface area (Å²) in [6.07, 6.45) is 0.766. The van der Waals surface area contributed by atoms with Gasteiger partial charge in [0, 0.05) is 20.2 Å². The van der Waals surface area contributed by atoms with E-state index in [1.807, 2.05) is 12.1 Å². The summed E-state index contributed by atoms with van der Waals surface area (Å²) in [7, 11) is 6.31. The van der Waals surface area contributed by atoms with Crippen molar-refractivity contribution in [3.63, 3.8) is 0 Å². The van der Waals surface area contributed by atoms with E-state index in [0.717, 1.165) is 18.5 Å². The van der Waals surface area contributed by atoms with Crippen LogP contribution in [0.4, 0.5) is 0 Å². The Morgan fingerprint density at radius 3 is 2.29 bits per heavy atom. The van der Waals surface area contributed by atoms with Crippen molar-refractivity contribution in [2.24, 2.45) is 5.41 Å². The quantitative estimate of drug-likeness (QED) is 0.735. The van der Waals surface area contributed by atoms with E-state index >= 15 is 0 Å². The highest BCUT2D eigenvalue weighted by atomic mass is 16.5. The van der Waals surface area contributed by atoms with Gasteiger partial charge in [-0.2, -0.15) is 0 Å². The fourth-order valence-electron chi connectivity index (χ4n) is 3.01. The maximum absolute atomic E-state index is 12.6. The second-order valence-corrected chi connectivity index (χ2v) is 5.86. The monoisotopic (exact) mass is 338 g/mol. The molecule has 7 heteroatoms. The van der Waals surface area contributed by atoms with Crippen LogP contribution in [0.5, 0.6) is 17.2 Å². The molecule has 0 aliphatic carbocycles.